The highest BCUT2D eigenvalue weighted by Crippen LogP contribution is 2.33. The molecule has 1 fully saturated rings. The SMILES string of the molecule is O=C(Cc1cccs1)NCCN1C(=O)S/C(=C\c2ccc(Cl)cc2Cl)C1=O. The fraction of sp³-hybridized carbons (Fsp3) is 0.167. The number of thioether (sulfide) groups is 1. The van der Waals surface area contributed by atoms with Crippen molar-refractivity contribution in [1.29, 1.82) is 0 Å². The van der Waals surface area contributed by atoms with E-state index < -0.39 is 5.91 Å². The molecule has 1 N–H and O–H groups in total. The fourth-order valence-electron chi connectivity index (χ4n) is 2.39. The summed E-state index contributed by atoms with van der Waals surface area (Å²) in [6.45, 7) is 0.323. The molecule has 1 aliphatic heterocycles. The molecule has 140 valence electrons. The highest BCUT2D eigenvalue weighted by atomic mass is 35.5. The largest absolute Gasteiger partial charge is 0.354 e. The van der Waals surface area contributed by atoms with Gasteiger partial charge in [0.2, 0.25) is 5.91 Å². The Balaban J connectivity index is 1.57. The molecule has 1 aromatic heterocycles. The highest BCUT2D eigenvalue weighted by molar-refractivity contribution is 8.18. The number of carbonyl (C=O) groups is 3. The van der Waals surface area contributed by atoms with E-state index in [0.717, 1.165) is 21.5 Å². The summed E-state index contributed by atoms with van der Waals surface area (Å²) < 4.78 is 0. The van der Waals surface area contributed by atoms with Crippen LogP contribution in [0.1, 0.15) is 10.4 Å². The molecule has 0 bridgehead atoms. The lowest BCUT2D eigenvalue weighted by Gasteiger charge is -2.12. The van der Waals surface area contributed by atoms with Gasteiger partial charge in [-0.2, -0.15) is 0 Å². The van der Waals surface area contributed by atoms with Crippen molar-refractivity contribution in [1.82, 2.24) is 10.2 Å². The van der Waals surface area contributed by atoms with Crippen molar-refractivity contribution in [2.45, 2.75) is 6.42 Å². The van der Waals surface area contributed by atoms with Gasteiger partial charge in [-0.15, -0.1) is 11.3 Å². The molecule has 0 radical (unpaired) electrons. The number of hydrogen-bond donors (Lipinski definition) is 1. The minimum Gasteiger partial charge on any atom is -0.354 e. The van der Waals surface area contributed by atoms with Crippen molar-refractivity contribution in [2.75, 3.05) is 13.1 Å². The summed E-state index contributed by atoms with van der Waals surface area (Å²) in [6.07, 6.45) is 1.85. The molecule has 9 heteroatoms. The quantitative estimate of drug-likeness (QED) is 0.673. The summed E-state index contributed by atoms with van der Waals surface area (Å²) in [4.78, 5) is 38.8. The Labute approximate surface area is 174 Å². The third-order valence-corrected chi connectivity index (χ3v) is 6.04. The molecule has 0 spiro atoms. The van der Waals surface area contributed by atoms with Crippen LogP contribution in [0.15, 0.2) is 40.6 Å². The number of nitrogens with zero attached hydrogens (tertiary/aromatic N) is 1. The summed E-state index contributed by atoms with van der Waals surface area (Å²) in [5.74, 6) is -0.545. The normalized spacial score (nSPS) is 15.6. The van der Waals surface area contributed by atoms with E-state index in [4.69, 9.17) is 23.2 Å². The van der Waals surface area contributed by atoms with E-state index >= 15 is 0 Å². The molecule has 0 saturated carbocycles. The molecular weight excluding hydrogens is 427 g/mol. The van der Waals surface area contributed by atoms with Crippen LogP contribution in [-0.2, 0) is 16.0 Å². The second-order valence-corrected chi connectivity index (χ2v) is 8.47. The second kappa shape index (κ2) is 8.93. The van der Waals surface area contributed by atoms with E-state index in [9.17, 15) is 14.4 Å². The van der Waals surface area contributed by atoms with E-state index in [1.54, 1.807) is 24.3 Å². The number of nitrogens with one attached hydrogen (secondary N) is 1. The minimum atomic E-state index is -0.400. The summed E-state index contributed by atoms with van der Waals surface area (Å²) in [5, 5.41) is 5.15. The van der Waals surface area contributed by atoms with Crippen LogP contribution in [-0.4, -0.2) is 35.0 Å². The molecule has 5 nitrogen and oxygen atoms in total. The summed E-state index contributed by atoms with van der Waals surface area (Å²) in [5.41, 5.74) is 0.607. The number of imide groups is 1. The van der Waals surface area contributed by atoms with Crippen molar-refractivity contribution in [2.24, 2.45) is 0 Å². The van der Waals surface area contributed by atoms with Gasteiger partial charge < -0.3 is 5.32 Å². The van der Waals surface area contributed by atoms with Gasteiger partial charge in [0.15, 0.2) is 0 Å². The lowest BCUT2D eigenvalue weighted by molar-refractivity contribution is -0.124. The van der Waals surface area contributed by atoms with Crippen LogP contribution in [0.25, 0.3) is 6.08 Å². The molecule has 0 aliphatic carbocycles. The predicted octanol–water partition coefficient (Wildman–Crippen LogP) is 4.45. The Bertz CT molecular complexity index is 913. The smallest absolute Gasteiger partial charge is 0.293 e. The molecule has 3 amide bonds. The molecule has 3 rings (SSSR count). The van der Waals surface area contributed by atoms with E-state index in [2.05, 4.69) is 5.32 Å². The van der Waals surface area contributed by atoms with Crippen LogP contribution in [0.4, 0.5) is 4.79 Å². The lowest BCUT2D eigenvalue weighted by Crippen LogP contribution is -2.37. The summed E-state index contributed by atoms with van der Waals surface area (Å²) >= 11 is 14.3. The molecule has 27 heavy (non-hydrogen) atoms. The molecular formula is C18H14Cl2N2O3S2. The number of amides is 3. The standard InChI is InChI=1S/C18H14Cl2N2O3S2/c19-12-4-3-11(14(20)9-12)8-15-17(24)22(18(25)27-15)6-5-21-16(23)10-13-2-1-7-26-13/h1-4,7-9H,5-6,10H2,(H,21,23)/b15-8-. The number of rotatable bonds is 6. The van der Waals surface area contributed by atoms with Gasteiger partial charge in [0, 0.05) is 28.0 Å². The van der Waals surface area contributed by atoms with Crippen molar-refractivity contribution >= 4 is 69.4 Å². The number of benzene rings is 1. The zero-order chi connectivity index (χ0) is 19.4. The number of hydrogen-bond acceptors (Lipinski definition) is 5. The van der Waals surface area contributed by atoms with Gasteiger partial charge in [0.25, 0.3) is 11.1 Å². The van der Waals surface area contributed by atoms with Gasteiger partial charge >= 0.3 is 0 Å². The lowest BCUT2D eigenvalue weighted by atomic mass is 10.2. The maximum Gasteiger partial charge on any atom is 0.293 e. The van der Waals surface area contributed by atoms with Gasteiger partial charge in [0.1, 0.15) is 0 Å². The van der Waals surface area contributed by atoms with E-state index in [1.165, 1.54) is 11.3 Å². The first-order chi connectivity index (χ1) is 12.9. The van der Waals surface area contributed by atoms with Crippen LogP contribution in [0.3, 0.4) is 0 Å². The summed E-state index contributed by atoms with van der Waals surface area (Å²) in [7, 11) is 0. The van der Waals surface area contributed by atoms with Crippen LogP contribution >= 0.6 is 46.3 Å². The van der Waals surface area contributed by atoms with Crippen molar-refractivity contribution in [3.05, 3.63) is 61.1 Å². The second-order valence-electron chi connectivity index (χ2n) is 5.61. The Kier molecular flexibility index (Phi) is 6.59. The van der Waals surface area contributed by atoms with E-state index in [0.29, 0.717) is 15.6 Å². The molecule has 0 atom stereocenters. The number of thiophene rings is 1. The van der Waals surface area contributed by atoms with Crippen molar-refractivity contribution in [3.63, 3.8) is 0 Å². The molecule has 0 unspecified atom stereocenters. The first kappa shape index (κ1) is 19.9. The van der Waals surface area contributed by atoms with Gasteiger partial charge in [-0.05, 0) is 47.0 Å². The van der Waals surface area contributed by atoms with Gasteiger partial charge in [0.05, 0.1) is 11.3 Å². The Hall–Kier alpha value is -1.80. The average Bonchev–Trinajstić information content (AvgIpc) is 3.20. The van der Waals surface area contributed by atoms with Crippen LogP contribution in [0.5, 0.6) is 0 Å². The topological polar surface area (TPSA) is 66.5 Å². The maximum absolute atomic E-state index is 12.5. The first-order valence-corrected chi connectivity index (χ1v) is 10.4. The Morgan fingerprint density at radius 2 is 2.04 bits per heavy atom. The molecule has 1 aliphatic rings. The zero-order valence-corrected chi connectivity index (χ0v) is 17.1. The third kappa shape index (κ3) is 5.13. The Morgan fingerprint density at radius 3 is 2.74 bits per heavy atom. The van der Waals surface area contributed by atoms with E-state index in [1.807, 2.05) is 17.5 Å². The van der Waals surface area contributed by atoms with Crippen molar-refractivity contribution < 1.29 is 14.4 Å². The highest BCUT2D eigenvalue weighted by Gasteiger charge is 2.34. The predicted molar refractivity (Wildman–Crippen MR) is 110 cm³/mol. The number of halogens is 2. The molecule has 1 aromatic carbocycles. The molecule has 1 saturated heterocycles. The van der Waals surface area contributed by atoms with Gasteiger partial charge in [-0.25, -0.2) is 0 Å². The monoisotopic (exact) mass is 440 g/mol. The Morgan fingerprint density at radius 1 is 1.22 bits per heavy atom. The van der Waals surface area contributed by atoms with Crippen molar-refractivity contribution in [3.8, 4) is 0 Å². The zero-order valence-electron chi connectivity index (χ0n) is 13.9. The minimum absolute atomic E-state index is 0.118. The van der Waals surface area contributed by atoms with E-state index in [-0.39, 0.29) is 35.6 Å². The first-order valence-electron chi connectivity index (χ1n) is 7.93. The summed E-state index contributed by atoms with van der Waals surface area (Å²) in [6, 6.07) is 8.68. The van der Waals surface area contributed by atoms with Crippen LogP contribution < -0.4 is 5.32 Å². The molecule has 2 aromatic rings. The number of carbonyl (C=O) groups excluding carboxylic acids is 3. The van der Waals surface area contributed by atoms with Crippen LogP contribution in [0.2, 0.25) is 10.0 Å². The van der Waals surface area contributed by atoms with Gasteiger partial charge in [-0.1, -0.05) is 35.3 Å². The van der Waals surface area contributed by atoms with Crippen LogP contribution in [0, 0.1) is 0 Å². The fourth-order valence-corrected chi connectivity index (χ4v) is 4.42. The maximum atomic E-state index is 12.5. The third-order valence-electron chi connectivity index (χ3n) is 3.70. The van der Waals surface area contributed by atoms with Gasteiger partial charge in [-0.3, -0.25) is 19.3 Å². The molecule has 2 heterocycles. The average molecular weight is 441 g/mol.